The number of nitrogens with zero attached hydrogens (tertiary/aromatic N) is 3. The van der Waals surface area contributed by atoms with Crippen LogP contribution < -0.4 is 4.90 Å². The van der Waals surface area contributed by atoms with Gasteiger partial charge in [0.1, 0.15) is 18.8 Å². The van der Waals surface area contributed by atoms with E-state index in [1.165, 1.54) is 17.4 Å². The Morgan fingerprint density at radius 3 is 2.55 bits per heavy atom. The first-order chi connectivity index (χ1) is 10.6. The van der Waals surface area contributed by atoms with E-state index in [1.54, 1.807) is 36.4 Å². The Hall–Kier alpha value is -2.60. The molecule has 1 saturated heterocycles. The molecule has 0 radical (unpaired) electrons. The van der Waals surface area contributed by atoms with E-state index < -0.39 is 0 Å². The fraction of sp³-hybridized carbons (Fsp3) is 0.133. The molecular formula is C15H12ClN3O3. The largest absolute Gasteiger partial charge is 0.463 e. The number of anilines is 1. The standard InChI is InChI=1S/C15H12ClN3O3/c16-11-3-5-12(6-4-11)18-9-15(21)19(10-14(18)20)17-8-13-2-1-7-22-13/h1-8H,9-10H2. The lowest BCUT2D eigenvalue weighted by molar-refractivity contribution is -0.138. The predicted octanol–water partition coefficient (Wildman–Crippen LogP) is 2.14. The van der Waals surface area contributed by atoms with Crippen LogP contribution >= 0.6 is 11.6 Å². The summed E-state index contributed by atoms with van der Waals surface area (Å²) >= 11 is 5.82. The van der Waals surface area contributed by atoms with Crippen molar-refractivity contribution in [1.82, 2.24) is 5.01 Å². The third kappa shape index (κ3) is 3.01. The lowest BCUT2D eigenvalue weighted by atomic mass is 10.2. The first-order valence-corrected chi connectivity index (χ1v) is 6.95. The Morgan fingerprint density at radius 1 is 1.09 bits per heavy atom. The van der Waals surface area contributed by atoms with Gasteiger partial charge in [0, 0.05) is 10.7 Å². The number of hydrazone groups is 1. The van der Waals surface area contributed by atoms with Crippen molar-refractivity contribution in [3.63, 3.8) is 0 Å². The summed E-state index contributed by atoms with van der Waals surface area (Å²) in [4.78, 5) is 25.7. The van der Waals surface area contributed by atoms with Gasteiger partial charge in [-0.1, -0.05) is 11.6 Å². The summed E-state index contributed by atoms with van der Waals surface area (Å²) in [5.41, 5.74) is 0.636. The SMILES string of the molecule is O=C1CN(c2ccc(Cl)cc2)C(=O)CN1N=Cc1ccco1. The molecule has 112 valence electrons. The third-order valence-electron chi connectivity index (χ3n) is 3.17. The van der Waals surface area contributed by atoms with Crippen molar-refractivity contribution in [2.75, 3.05) is 18.0 Å². The molecule has 2 aromatic rings. The van der Waals surface area contributed by atoms with E-state index in [0.717, 1.165) is 5.01 Å². The molecule has 0 atom stereocenters. The van der Waals surface area contributed by atoms with Crippen LogP contribution in [0, 0.1) is 0 Å². The van der Waals surface area contributed by atoms with Gasteiger partial charge in [0.2, 0.25) is 5.91 Å². The highest BCUT2D eigenvalue weighted by atomic mass is 35.5. The molecule has 1 aromatic carbocycles. The van der Waals surface area contributed by atoms with Gasteiger partial charge in [0.15, 0.2) is 0 Å². The van der Waals surface area contributed by atoms with Gasteiger partial charge in [-0.2, -0.15) is 5.10 Å². The minimum Gasteiger partial charge on any atom is -0.463 e. The van der Waals surface area contributed by atoms with Crippen molar-refractivity contribution in [1.29, 1.82) is 0 Å². The molecule has 1 fully saturated rings. The second-order valence-electron chi connectivity index (χ2n) is 4.67. The topological polar surface area (TPSA) is 66.1 Å². The lowest BCUT2D eigenvalue weighted by Gasteiger charge is -2.31. The van der Waals surface area contributed by atoms with E-state index in [4.69, 9.17) is 16.0 Å². The molecule has 1 aromatic heterocycles. The average molecular weight is 318 g/mol. The summed E-state index contributed by atoms with van der Waals surface area (Å²) < 4.78 is 5.09. The molecular weight excluding hydrogens is 306 g/mol. The molecule has 0 bridgehead atoms. The van der Waals surface area contributed by atoms with E-state index in [2.05, 4.69) is 5.10 Å². The second kappa shape index (κ2) is 6.03. The molecule has 0 aliphatic carbocycles. The molecule has 3 rings (SSSR count). The second-order valence-corrected chi connectivity index (χ2v) is 5.10. The highest BCUT2D eigenvalue weighted by Gasteiger charge is 2.30. The maximum atomic E-state index is 12.2. The van der Waals surface area contributed by atoms with Crippen LogP contribution in [0.25, 0.3) is 0 Å². The summed E-state index contributed by atoms with van der Waals surface area (Å²) in [6, 6.07) is 10.2. The molecule has 1 aliphatic heterocycles. The number of amides is 2. The van der Waals surface area contributed by atoms with Gasteiger partial charge in [-0.3, -0.25) is 9.59 Å². The van der Waals surface area contributed by atoms with Crippen LogP contribution in [0.3, 0.4) is 0 Å². The lowest BCUT2D eigenvalue weighted by Crippen LogP contribution is -2.52. The Balaban J connectivity index is 1.72. The molecule has 22 heavy (non-hydrogen) atoms. The fourth-order valence-electron chi connectivity index (χ4n) is 2.06. The molecule has 6 nitrogen and oxygen atoms in total. The Bertz CT molecular complexity index is 710. The van der Waals surface area contributed by atoms with Crippen LogP contribution in [0.1, 0.15) is 5.76 Å². The first-order valence-electron chi connectivity index (χ1n) is 6.57. The molecule has 0 N–H and O–H groups in total. The van der Waals surface area contributed by atoms with Gasteiger partial charge in [0.05, 0.1) is 12.5 Å². The number of carbonyl (C=O) groups excluding carboxylic acids is 2. The summed E-state index contributed by atoms with van der Waals surface area (Å²) in [7, 11) is 0. The zero-order chi connectivity index (χ0) is 15.5. The van der Waals surface area contributed by atoms with Gasteiger partial charge in [0.25, 0.3) is 5.91 Å². The summed E-state index contributed by atoms with van der Waals surface area (Å²) in [6.07, 6.45) is 2.91. The van der Waals surface area contributed by atoms with E-state index in [9.17, 15) is 9.59 Å². The zero-order valence-electron chi connectivity index (χ0n) is 11.5. The maximum absolute atomic E-state index is 12.2. The van der Waals surface area contributed by atoms with Crippen molar-refractivity contribution in [2.45, 2.75) is 0 Å². The van der Waals surface area contributed by atoms with Crippen LogP contribution in [0.15, 0.2) is 52.2 Å². The number of furan rings is 1. The third-order valence-corrected chi connectivity index (χ3v) is 3.43. The Morgan fingerprint density at radius 2 is 1.86 bits per heavy atom. The van der Waals surface area contributed by atoms with Crippen LogP contribution in [0.4, 0.5) is 5.69 Å². The smallest absolute Gasteiger partial charge is 0.263 e. The molecule has 7 heteroatoms. The number of piperazine rings is 1. The minimum atomic E-state index is -0.266. The van der Waals surface area contributed by atoms with E-state index in [-0.39, 0.29) is 24.9 Å². The Kier molecular flexibility index (Phi) is 3.93. The number of hydrogen-bond acceptors (Lipinski definition) is 4. The van der Waals surface area contributed by atoms with E-state index in [1.807, 2.05) is 0 Å². The Labute approximate surface area is 131 Å². The van der Waals surface area contributed by atoms with Gasteiger partial charge >= 0.3 is 0 Å². The highest BCUT2D eigenvalue weighted by molar-refractivity contribution is 6.30. The van der Waals surface area contributed by atoms with Crippen molar-refractivity contribution >= 4 is 35.3 Å². The van der Waals surface area contributed by atoms with Gasteiger partial charge in [-0.15, -0.1) is 0 Å². The number of halogens is 1. The molecule has 1 aliphatic rings. The number of rotatable bonds is 3. The summed E-state index contributed by atoms with van der Waals surface area (Å²) in [5, 5.41) is 5.71. The summed E-state index contributed by atoms with van der Waals surface area (Å²) in [5.74, 6) is 0.0382. The fourth-order valence-corrected chi connectivity index (χ4v) is 2.19. The van der Waals surface area contributed by atoms with Crippen LogP contribution in [0.2, 0.25) is 5.02 Å². The normalized spacial score (nSPS) is 15.9. The molecule has 2 heterocycles. The van der Waals surface area contributed by atoms with Crippen molar-refractivity contribution in [2.24, 2.45) is 5.10 Å². The van der Waals surface area contributed by atoms with E-state index >= 15 is 0 Å². The molecule has 0 saturated carbocycles. The highest BCUT2D eigenvalue weighted by Crippen LogP contribution is 2.20. The van der Waals surface area contributed by atoms with Gasteiger partial charge in [-0.05, 0) is 36.4 Å². The maximum Gasteiger partial charge on any atom is 0.263 e. The van der Waals surface area contributed by atoms with Crippen molar-refractivity contribution in [3.05, 3.63) is 53.4 Å². The van der Waals surface area contributed by atoms with Crippen LogP contribution in [-0.4, -0.2) is 36.1 Å². The number of hydrogen-bond donors (Lipinski definition) is 0. The van der Waals surface area contributed by atoms with E-state index in [0.29, 0.717) is 16.5 Å². The first kappa shape index (κ1) is 14.3. The van der Waals surface area contributed by atoms with Crippen molar-refractivity contribution in [3.8, 4) is 0 Å². The number of benzene rings is 1. The zero-order valence-corrected chi connectivity index (χ0v) is 12.2. The predicted molar refractivity (Wildman–Crippen MR) is 81.8 cm³/mol. The minimum absolute atomic E-state index is 0.0596. The quantitative estimate of drug-likeness (QED) is 0.815. The van der Waals surface area contributed by atoms with Crippen LogP contribution in [-0.2, 0) is 9.59 Å². The van der Waals surface area contributed by atoms with Crippen molar-refractivity contribution < 1.29 is 14.0 Å². The average Bonchev–Trinajstić information content (AvgIpc) is 3.02. The van der Waals surface area contributed by atoms with Crippen LogP contribution in [0.5, 0.6) is 0 Å². The molecule has 2 amide bonds. The monoisotopic (exact) mass is 317 g/mol. The molecule has 0 spiro atoms. The van der Waals surface area contributed by atoms with Gasteiger partial charge in [-0.25, -0.2) is 5.01 Å². The molecule has 0 unspecified atom stereocenters. The number of carbonyl (C=O) groups is 2. The van der Waals surface area contributed by atoms with Gasteiger partial charge < -0.3 is 9.32 Å². The summed E-state index contributed by atoms with van der Waals surface area (Å²) in [6.45, 7) is -0.172.